The van der Waals surface area contributed by atoms with E-state index in [2.05, 4.69) is 41.1 Å². The molecular formula is C27H22F3N9O. The largest absolute Gasteiger partial charge is 0.416 e. The van der Waals surface area contributed by atoms with E-state index in [1.165, 1.54) is 29.2 Å². The van der Waals surface area contributed by atoms with Gasteiger partial charge >= 0.3 is 6.18 Å². The third-order valence-corrected chi connectivity index (χ3v) is 5.64. The van der Waals surface area contributed by atoms with Crippen molar-refractivity contribution in [2.45, 2.75) is 20.0 Å². The summed E-state index contributed by atoms with van der Waals surface area (Å²) in [7, 11) is 0. The number of nitrogens with one attached hydrogen (secondary N) is 3. The molecule has 0 radical (unpaired) electrons. The number of benzene rings is 1. The molecule has 0 aliphatic carbocycles. The number of aromatic nitrogens is 6. The highest BCUT2D eigenvalue weighted by Crippen LogP contribution is 2.34. The molecule has 4 aromatic heterocycles. The number of hydrogen-bond acceptors (Lipinski definition) is 8. The van der Waals surface area contributed by atoms with E-state index in [4.69, 9.17) is 0 Å². The van der Waals surface area contributed by atoms with Crippen molar-refractivity contribution < 1.29 is 18.0 Å². The minimum absolute atomic E-state index is 0.0665. The van der Waals surface area contributed by atoms with Gasteiger partial charge in [0.1, 0.15) is 5.69 Å². The molecule has 10 nitrogen and oxygen atoms in total. The van der Waals surface area contributed by atoms with Crippen LogP contribution < -0.4 is 16.2 Å². The molecule has 40 heavy (non-hydrogen) atoms. The maximum Gasteiger partial charge on any atom is 0.416 e. The van der Waals surface area contributed by atoms with Gasteiger partial charge in [-0.25, -0.2) is 19.9 Å². The lowest BCUT2D eigenvalue weighted by Gasteiger charge is -2.14. The fourth-order valence-corrected chi connectivity index (χ4v) is 3.79. The zero-order valence-corrected chi connectivity index (χ0v) is 21.2. The van der Waals surface area contributed by atoms with Crippen LogP contribution in [0.25, 0.3) is 16.9 Å². The molecule has 4 heterocycles. The predicted octanol–water partition coefficient (Wildman–Crippen LogP) is 5.26. The Bertz CT molecular complexity index is 1650. The first-order chi connectivity index (χ1) is 19.1. The number of carbonyl (C=O) groups is 1. The fraction of sp³-hybridized carbons (Fsp3) is 0.111. The van der Waals surface area contributed by atoms with E-state index in [0.717, 1.165) is 17.7 Å². The number of halogens is 3. The maximum absolute atomic E-state index is 13.5. The molecule has 5 rings (SSSR count). The molecule has 0 aliphatic heterocycles. The summed E-state index contributed by atoms with van der Waals surface area (Å²) < 4.78 is 42.2. The zero-order valence-electron chi connectivity index (χ0n) is 21.2. The Hall–Kier alpha value is -5.33. The summed E-state index contributed by atoms with van der Waals surface area (Å²) in [6, 6.07) is 12.0. The van der Waals surface area contributed by atoms with Crippen molar-refractivity contribution in [3.63, 3.8) is 0 Å². The number of imidazole rings is 1. The molecule has 0 unspecified atom stereocenters. The number of rotatable bonds is 7. The third-order valence-electron chi connectivity index (χ3n) is 5.64. The summed E-state index contributed by atoms with van der Waals surface area (Å²) in [4.78, 5) is 33.6. The Morgan fingerprint density at radius 3 is 2.45 bits per heavy atom. The average Bonchev–Trinajstić information content (AvgIpc) is 3.38. The van der Waals surface area contributed by atoms with Crippen molar-refractivity contribution in [3.05, 3.63) is 102 Å². The maximum atomic E-state index is 13.5. The fourth-order valence-electron chi connectivity index (χ4n) is 3.79. The number of amides is 1. The predicted molar refractivity (Wildman–Crippen MR) is 142 cm³/mol. The molecule has 0 spiro atoms. The quantitative estimate of drug-likeness (QED) is 0.237. The second kappa shape index (κ2) is 10.8. The van der Waals surface area contributed by atoms with Crippen LogP contribution >= 0.6 is 0 Å². The summed E-state index contributed by atoms with van der Waals surface area (Å²) in [6.45, 7) is 3.54. The van der Waals surface area contributed by atoms with Gasteiger partial charge in [-0.05, 0) is 62.4 Å². The van der Waals surface area contributed by atoms with Gasteiger partial charge < -0.3 is 9.88 Å². The lowest BCUT2D eigenvalue weighted by Crippen LogP contribution is -2.31. The Morgan fingerprint density at radius 1 is 0.925 bits per heavy atom. The van der Waals surface area contributed by atoms with Crippen molar-refractivity contribution >= 4 is 23.2 Å². The smallest absolute Gasteiger partial charge is 0.354 e. The highest BCUT2D eigenvalue weighted by Gasteiger charge is 2.31. The summed E-state index contributed by atoms with van der Waals surface area (Å²) in [6.07, 6.45) is 3.20. The van der Waals surface area contributed by atoms with Gasteiger partial charge in [0.25, 0.3) is 5.91 Å². The van der Waals surface area contributed by atoms with E-state index in [1.807, 2.05) is 6.07 Å². The summed E-state index contributed by atoms with van der Waals surface area (Å²) in [5, 5.41) is 2.92. The standard InChI is InChI=1S/C27H22F3N9O/c1-16-8-24(18-4-3-7-31-12-18)36-26(34-16)38-37-25(40)23-6-5-20(13-32-23)35-21-9-19(27(28,29)30)10-22(11-21)39-14-17(2)33-15-39/h3-15,35H,1-2H3,(H,37,40)(H,34,36,38). The number of aryl methyl sites for hydroxylation is 2. The summed E-state index contributed by atoms with van der Waals surface area (Å²) in [5.74, 6) is -0.379. The topological polar surface area (TPSA) is 123 Å². The van der Waals surface area contributed by atoms with E-state index < -0.39 is 17.6 Å². The molecule has 0 bridgehead atoms. The Kier molecular flexibility index (Phi) is 7.10. The lowest BCUT2D eigenvalue weighted by atomic mass is 10.1. The molecule has 3 N–H and O–H groups in total. The van der Waals surface area contributed by atoms with Crippen molar-refractivity contribution in [2.75, 3.05) is 10.7 Å². The van der Waals surface area contributed by atoms with Crippen molar-refractivity contribution in [3.8, 4) is 16.9 Å². The first-order valence-corrected chi connectivity index (χ1v) is 11.9. The third kappa shape index (κ3) is 6.20. The molecule has 1 amide bonds. The molecule has 1 aromatic carbocycles. The van der Waals surface area contributed by atoms with Crippen molar-refractivity contribution in [1.82, 2.24) is 34.9 Å². The Labute approximate surface area is 226 Å². The van der Waals surface area contributed by atoms with Crippen LogP contribution in [0.5, 0.6) is 0 Å². The highest BCUT2D eigenvalue weighted by molar-refractivity contribution is 5.93. The average molecular weight is 546 g/mol. The van der Waals surface area contributed by atoms with Crippen LogP contribution in [0.1, 0.15) is 27.4 Å². The second-order valence-corrected chi connectivity index (χ2v) is 8.78. The van der Waals surface area contributed by atoms with Crippen LogP contribution in [0.4, 0.5) is 30.5 Å². The number of hydrogen-bond donors (Lipinski definition) is 3. The first kappa shape index (κ1) is 26.3. The van der Waals surface area contributed by atoms with Gasteiger partial charge in [-0.2, -0.15) is 13.2 Å². The number of anilines is 3. The van der Waals surface area contributed by atoms with E-state index in [-0.39, 0.29) is 23.0 Å². The molecule has 5 aromatic rings. The second-order valence-electron chi connectivity index (χ2n) is 8.78. The Morgan fingerprint density at radius 2 is 1.77 bits per heavy atom. The van der Waals surface area contributed by atoms with Crippen LogP contribution in [0, 0.1) is 13.8 Å². The molecule has 0 saturated heterocycles. The van der Waals surface area contributed by atoms with E-state index in [1.54, 1.807) is 50.6 Å². The van der Waals surface area contributed by atoms with Crippen molar-refractivity contribution in [2.24, 2.45) is 0 Å². The van der Waals surface area contributed by atoms with E-state index >= 15 is 0 Å². The number of pyridine rings is 2. The van der Waals surface area contributed by atoms with Gasteiger partial charge in [-0.3, -0.25) is 20.6 Å². The van der Waals surface area contributed by atoms with Gasteiger partial charge in [0.2, 0.25) is 5.95 Å². The zero-order chi connectivity index (χ0) is 28.3. The lowest BCUT2D eigenvalue weighted by molar-refractivity contribution is -0.137. The molecule has 0 saturated carbocycles. The molecule has 202 valence electrons. The summed E-state index contributed by atoms with van der Waals surface area (Å²) in [5.41, 5.74) is 8.07. The first-order valence-electron chi connectivity index (χ1n) is 11.9. The van der Waals surface area contributed by atoms with Crippen LogP contribution in [0.2, 0.25) is 0 Å². The number of carbonyl (C=O) groups excluding carboxylic acids is 1. The molecular weight excluding hydrogens is 523 g/mol. The normalized spacial score (nSPS) is 11.2. The molecule has 0 atom stereocenters. The van der Waals surface area contributed by atoms with Gasteiger partial charge in [0.05, 0.1) is 35.2 Å². The van der Waals surface area contributed by atoms with Gasteiger partial charge in [-0.1, -0.05) is 0 Å². The minimum atomic E-state index is -4.55. The molecule has 13 heteroatoms. The van der Waals surface area contributed by atoms with Crippen LogP contribution in [-0.2, 0) is 6.18 Å². The van der Waals surface area contributed by atoms with Gasteiger partial charge in [0, 0.05) is 41.2 Å². The molecule has 0 aliphatic rings. The summed E-state index contributed by atoms with van der Waals surface area (Å²) >= 11 is 0. The molecule has 0 fully saturated rings. The van der Waals surface area contributed by atoms with Gasteiger partial charge in [-0.15, -0.1) is 0 Å². The highest BCUT2D eigenvalue weighted by atomic mass is 19.4. The minimum Gasteiger partial charge on any atom is -0.354 e. The number of alkyl halides is 3. The van der Waals surface area contributed by atoms with Gasteiger partial charge in [0.15, 0.2) is 0 Å². The van der Waals surface area contributed by atoms with Crippen LogP contribution in [0.3, 0.4) is 0 Å². The van der Waals surface area contributed by atoms with E-state index in [0.29, 0.717) is 22.8 Å². The number of nitrogens with zero attached hydrogens (tertiary/aromatic N) is 6. The van der Waals surface area contributed by atoms with Crippen molar-refractivity contribution in [1.29, 1.82) is 0 Å². The number of hydrazine groups is 1. The van der Waals surface area contributed by atoms with Crippen LogP contribution in [-0.4, -0.2) is 35.4 Å². The monoisotopic (exact) mass is 545 g/mol. The van der Waals surface area contributed by atoms with E-state index in [9.17, 15) is 18.0 Å². The SMILES string of the molecule is Cc1cn(-c2cc(Nc3ccc(C(=O)NNc4nc(C)cc(-c5cccnc5)n4)nc3)cc(C(F)(F)F)c2)cn1. The Balaban J connectivity index is 1.28. The van der Waals surface area contributed by atoms with Crippen LogP contribution in [0.15, 0.2) is 79.6 Å².